The van der Waals surface area contributed by atoms with Crippen molar-refractivity contribution in [1.82, 2.24) is 4.68 Å². The summed E-state index contributed by atoms with van der Waals surface area (Å²) in [5, 5.41) is 6.85. The van der Waals surface area contributed by atoms with Crippen molar-refractivity contribution in [2.24, 2.45) is 0 Å². The van der Waals surface area contributed by atoms with E-state index < -0.39 is 17.7 Å². The molecule has 1 aromatic heterocycles. The Labute approximate surface area is 213 Å². The molecule has 0 radical (unpaired) electrons. The van der Waals surface area contributed by atoms with Crippen LogP contribution < -0.4 is 16.1 Å². The number of fused-ring (bicyclic) bond motifs is 1. The molecule has 0 saturated heterocycles. The number of hydrogen-bond acceptors (Lipinski definition) is 3. The van der Waals surface area contributed by atoms with E-state index >= 15 is 0 Å². The Morgan fingerprint density at radius 1 is 0.853 bits per heavy atom. The predicted molar refractivity (Wildman–Crippen MR) is 138 cm³/mol. The van der Waals surface area contributed by atoms with Crippen molar-refractivity contribution in [2.45, 2.75) is 6.92 Å². The number of aryl methyl sites for hydroxylation is 1. The number of rotatable bonds is 4. The molecule has 4 aromatic rings. The molecule has 0 aliphatic rings. The third-order valence-corrected chi connectivity index (χ3v) is 6.06. The van der Waals surface area contributed by atoms with Crippen LogP contribution in [0.4, 0.5) is 11.4 Å². The van der Waals surface area contributed by atoms with E-state index in [-0.39, 0.29) is 5.69 Å². The van der Waals surface area contributed by atoms with Crippen molar-refractivity contribution in [3.63, 3.8) is 0 Å². The molecule has 4 rings (SSSR count). The highest BCUT2D eigenvalue weighted by Crippen LogP contribution is 2.25. The van der Waals surface area contributed by atoms with Crippen LogP contribution in [0.2, 0.25) is 10.0 Å². The first-order valence-corrected chi connectivity index (χ1v) is 11.5. The molecule has 0 bridgehead atoms. The molecule has 3 N–H and O–H groups in total. The largest absolute Gasteiger partial charge is 0.328 e. The average molecular weight is 560 g/mol. The number of aromatic nitrogens is 1. The zero-order chi connectivity index (χ0) is 24.4. The molecule has 0 atom stereocenters. The summed E-state index contributed by atoms with van der Waals surface area (Å²) < 4.78 is 2.06. The van der Waals surface area contributed by atoms with Gasteiger partial charge in [-0.25, -0.2) is 4.68 Å². The molecular weight excluding hydrogens is 543 g/mol. The second-order valence-electron chi connectivity index (χ2n) is 7.39. The zero-order valence-electron chi connectivity index (χ0n) is 17.7. The Hall–Kier alpha value is -3.33. The van der Waals surface area contributed by atoms with Crippen molar-refractivity contribution in [3.05, 3.63) is 92.5 Å². The summed E-state index contributed by atoms with van der Waals surface area (Å²) in [5.74, 6) is -2.38. The number of nitrogens with zero attached hydrogens (tertiary/aromatic N) is 1. The summed E-state index contributed by atoms with van der Waals surface area (Å²) in [7, 11) is 0. The highest BCUT2D eigenvalue weighted by Gasteiger charge is 2.21. The van der Waals surface area contributed by atoms with E-state index in [1.165, 1.54) is 4.68 Å². The first kappa shape index (κ1) is 23.8. The lowest BCUT2D eigenvalue weighted by Crippen LogP contribution is -2.36. The molecule has 0 saturated carbocycles. The van der Waals surface area contributed by atoms with Crippen molar-refractivity contribution in [2.75, 3.05) is 16.1 Å². The minimum atomic E-state index is -0.964. The van der Waals surface area contributed by atoms with Gasteiger partial charge in [0.05, 0.1) is 5.52 Å². The van der Waals surface area contributed by atoms with E-state index in [1.54, 1.807) is 66.7 Å². The van der Waals surface area contributed by atoms with Gasteiger partial charge in [0.1, 0.15) is 5.69 Å². The molecule has 0 unspecified atom stereocenters. The second kappa shape index (κ2) is 9.89. The third-order valence-electron chi connectivity index (χ3n) is 4.93. The number of anilines is 2. The molecule has 34 heavy (non-hydrogen) atoms. The van der Waals surface area contributed by atoms with Crippen LogP contribution in [0.15, 0.2) is 71.2 Å². The van der Waals surface area contributed by atoms with Gasteiger partial charge in [-0.1, -0.05) is 51.3 Å². The third kappa shape index (κ3) is 5.25. The van der Waals surface area contributed by atoms with E-state index in [9.17, 15) is 14.4 Å². The number of amides is 3. The first-order valence-electron chi connectivity index (χ1n) is 9.97. The van der Waals surface area contributed by atoms with Gasteiger partial charge in [-0.15, -0.1) is 0 Å². The van der Waals surface area contributed by atoms with Crippen LogP contribution in [0.3, 0.4) is 0 Å². The maximum atomic E-state index is 13.1. The smallest absolute Gasteiger partial charge is 0.321 e. The minimum Gasteiger partial charge on any atom is -0.321 e. The molecule has 0 aliphatic carbocycles. The standard InChI is InChI=1S/C24H17BrCl2N4O3/c1-13-5-7-18(12-19(13)27)29-23(33)24(34)30-31-20-8-6-15(25)9-14(20)10-21(31)22(32)28-17-4-2-3-16(26)11-17/h2-12H,1H3,(H,28,32)(H,29,33)(H,30,34). The van der Waals surface area contributed by atoms with Crippen molar-refractivity contribution in [3.8, 4) is 0 Å². The van der Waals surface area contributed by atoms with Gasteiger partial charge in [0.15, 0.2) is 0 Å². The molecule has 0 spiro atoms. The van der Waals surface area contributed by atoms with Crippen molar-refractivity contribution < 1.29 is 14.4 Å². The fraction of sp³-hybridized carbons (Fsp3) is 0.0417. The number of carbonyl (C=O) groups excluding carboxylic acids is 3. The molecule has 172 valence electrons. The summed E-state index contributed by atoms with van der Waals surface area (Å²) in [6.07, 6.45) is 0. The Kier molecular flexibility index (Phi) is 6.92. The van der Waals surface area contributed by atoms with Gasteiger partial charge < -0.3 is 10.6 Å². The first-order chi connectivity index (χ1) is 16.2. The van der Waals surface area contributed by atoms with Gasteiger partial charge in [-0.2, -0.15) is 0 Å². The van der Waals surface area contributed by atoms with Crippen LogP contribution in [0.25, 0.3) is 10.9 Å². The topological polar surface area (TPSA) is 92.2 Å². The lowest BCUT2D eigenvalue weighted by Gasteiger charge is -2.13. The number of hydrogen-bond donors (Lipinski definition) is 3. The van der Waals surface area contributed by atoms with E-state index in [0.29, 0.717) is 32.3 Å². The SMILES string of the molecule is Cc1ccc(NC(=O)C(=O)Nn2c(C(=O)Nc3cccc(Cl)c3)cc3cc(Br)ccc32)cc1Cl. The Morgan fingerprint density at radius 2 is 1.62 bits per heavy atom. The Bertz CT molecular complexity index is 1450. The minimum absolute atomic E-state index is 0.118. The molecule has 3 aromatic carbocycles. The quantitative estimate of drug-likeness (QED) is 0.268. The van der Waals surface area contributed by atoms with Crippen LogP contribution in [0, 0.1) is 6.92 Å². The normalized spacial score (nSPS) is 10.7. The van der Waals surface area contributed by atoms with Crippen molar-refractivity contribution >= 4 is 79.1 Å². The maximum absolute atomic E-state index is 13.1. The molecule has 3 amide bonds. The molecule has 0 fully saturated rings. The highest BCUT2D eigenvalue weighted by molar-refractivity contribution is 9.10. The summed E-state index contributed by atoms with van der Waals surface area (Å²) >= 11 is 15.5. The van der Waals surface area contributed by atoms with Crippen LogP contribution in [0.5, 0.6) is 0 Å². The number of benzene rings is 3. The van der Waals surface area contributed by atoms with Gasteiger partial charge in [0, 0.05) is 31.3 Å². The van der Waals surface area contributed by atoms with E-state index in [1.807, 2.05) is 6.92 Å². The average Bonchev–Trinajstić information content (AvgIpc) is 3.13. The second-order valence-corrected chi connectivity index (χ2v) is 9.15. The van der Waals surface area contributed by atoms with Crippen LogP contribution in [0.1, 0.15) is 16.1 Å². The Balaban J connectivity index is 1.62. The monoisotopic (exact) mass is 558 g/mol. The summed E-state index contributed by atoms with van der Waals surface area (Å²) in [5.41, 5.74) is 4.84. The summed E-state index contributed by atoms with van der Waals surface area (Å²) in [4.78, 5) is 38.3. The number of nitrogens with one attached hydrogen (secondary N) is 3. The van der Waals surface area contributed by atoms with Gasteiger partial charge in [0.2, 0.25) is 0 Å². The summed E-state index contributed by atoms with van der Waals surface area (Å²) in [6, 6.07) is 18.5. The van der Waals surface area contributed by atoms with Crippen LogP contribution >= 0.6 is 39.1 Å². The van der Waals surface area contributed by atoms with Gasteiger partial charge in [0.25, 0.3) is 5.91 Å². The molecule has 10 heteroatoms. The zero-order valence-corrected chi connectivity index (χ0v) is 20.8. The van der Waals surface area contributed by atoms with Crippen LogP contribution in [-0.2, 0) is 9.59 Å². The molecule has 0 aliphatic heterocycles. The maximum Gasteiger partial charge on any atom is 0.328 e. The number of halogens is 3. The fourth-order valence-electron chi connectivity index (χ4n) is 3.25. The lowest BCUT2D eigenvalue weighted by atomic mass is 10.2. The van der Waals surface area contributed by atoms with Crippen LogP contribution in [-0.4, -0.2) is 22.4 Å². The molecule has 1 heterocycles. The van der Waals surface area contributed by atoms with E-state index in [0.717, 1.165) is 10.0 Å². The lowest BCUT2D eigenvalue weighted by molar-refractivity contribution is -0.133. The molecular formula is C24H17BrCl2N4O3. The molecule has 7 nitrogen and oxygen atoms in total. The number of carbonyl (C=O) groups is 3. The Morgan fingerprint density at radius 3 is 2.35 bits per heavy atom. The van der Waals surface area contributed by atoms with E-state index in [2.05, 4.69) is 32.0 Å². The van der Waals surface area contributed by atoms with E-state index in [4.69, 9.17) is 23.2 Å². The fourth-order valence-corrected chi connectivity index (χ4v) is 4.00. The summed E-state index contributed by atoms with van der Waals surface area (Å²) in [6.45, 7) is 1.83. The predicted octanol–water partition coefficient (Wildman–Crippen LogP) is 5.98. The van der Waals surface area contributed by atoms with Gasteiger partial charge in [-0.05, 0) is 67.1 Å². The highest BCUT2D eigenvalue weighted by atomic mass is 79.9. The van der Waals surface area contributed by atoms with Gasteiger partial charge in [-0.3, -0.25) is 19.8 Å². The van der Waals surface area contributed by atoms with Gasteiger partial charge >= 0.3 is 11.8 Å². The van der Waals surface area contributed by atoms with Crippen molar-refractivity contribution in [1.29, 1.82) is 0 Å².